The van der Waals surface area contributed by atoms with Crippen molar-refractivity contribution in [2.75, 3.05) is 19.7 Å². The second-order valence-electron chi connectivity index (χ2n) is 8.15. The first-order valence-electron chi connectivity index (χ1n) is 13.3. The van der Waals surface area contributed by atoms with Gasteiger partial charge < -0.3 is 26.4 Å². The van der Waals surface area contributed by atoms with Gasteiger partial charge in [0.15, 0.2) is 0 Å². The molecule has 6 N–H and O–H groups in total. The number of terminal acetylenes is 3. The Morgan fingerprint density at radius 1 is 0.892 bits per heavy atom. The highest BCUT2D eigenvalue weighted by molar-refractivity contribution is 5.96. The molecule has 0 aliphatic carbocycles. The van der Waals surface area contributed by atoms with Gasteiger partial charge in [-0.2, -0.15) is 0 Å². The van der Waals surface area contributed by atoms with E-state index in [1.807, 2.05) is 0 Å². The summed E-state index contributed by atoms with van der Waals surface area (Å²) in [6.07, 6.45) is 33.3. The molecule has 6 nitrogen and oxygen atoms in total. The third kappa shape index (κ3) is 35.1. The molecule has 0 saturated carbocycles. The average Bonchev–Trinajstić information content (AvgIpc) is 2.89. The number of rotatable bonds is 18. The summed E-state index contributed by atoms with van der Waals surface area (Å²) in [6.45, 7) is 3.66. The van der Waals surface area contributed by atoms with Crippen LogP contribution in [0.5, 0.6) is 0 Å². The second kappa shape index (κ2) is 35.1. The number of carbonyl (C=O) groups is 1. The summed E-state index contributed by atoms with van der Waals surface area (Å²) in [7, 11) is 0. The Balaban J connectivity index is -0.000000670. The minimum Gasteiger partial charge on any atom is -0.515 e. The molecule has 6 heteroatoms. The van der Waals surface area contributed by atoms with Crippen LogP contribution in [-0.4, -0.2) is 40.9 Å². The highest BCUT2D eigenvalue weighted by Crippen LogP contribution is 2.08. The number of carbonyl (C=O) groups excluding carboxylic acids is 1. The molecular formula is C31H50N2O4. The van der Waals surface area contributed by atoms with Crippen molar-refractivity contribution in [2.45, 2.75) is 96.8 Å². The van der Waals surface area contributed by atoms with Crippen LogP contribution in [-0.2, 0) is 4.79 Å². The van der Waals surface area contributed by atoms with E-state index in [-0.39, 0.29) is 18.3 Å². The minimum atomic E-state index is -0.243. The van der Waals surface area contributed by atoms with Gasteiger partial charge in [0.1, 0.15) is 5.76 Å². The monoisotopic (exact) mass is 514 g/mol. The molecule has 0 spiro atoms. The zero-order valence-electron chi connectivity index (χ0n) is 22.9. The molecule has 37 heavy (non-hydrogen) atoms. The summed E-state index contributed by atoms with van der Waals surface area (Å²) in [5, 5.41) is 29.3. The Hall–Kier alpha value is -3.11. The molecular weight excluding hydrogens is 464 g/mol. The summed E-state index contributed by atoms with van der Waals surface area (Å²) >= 11 is 0. The van der Waals surface area contributed by atoms with E-state index in [0.717, 1.165) is 70.1 Å². The summed E-state index contributed by atoms with van der Waals surface area (Å²) in [5.41, 5.74) is 5.80. The molecule has 0 fully saturated rings. The van der Waals surface area contributed by atoms with Crippen LogP contribution in [0.2, 0.25) is 0 Å². The van der Waals surface area contributed by atoms with Gasteiger partial charge in [0.2, 0.25) is 0 Å². The summed E-state index contributed by atoms with van der Waals surface area (Å²) < 4.78 is 0. The fourth-order valence-corrected chi connectivity index (χ4v) is 2.70. The van der Waals surface area contributed by atoms with Gasteiger partial charge in [0, 0.05) is 44.1 Å². The zero-order chi connectivity index (χ0) is 28.4. The van der Waals surface area contributed by atoms with E-state index in [0.29, 0.717) is 31.5 Å². The number of nitrogens with one attached hydrogen (secondary N) is 1. The van der Waals surface area contributed by atoms with Crippen LogP contribution in [0.3, 0.4) is 0 Å². The van der Waals surface area contributed by atoms with Crippen LogP contribution in [0.1, 0.15) is 96.8 Å². The van der Waals surface area contributed by atoms with Crippen molar-refractivity contribution in [3.05, 3.63) is 35.8 Å². The van der Waals surface area contributed by atoms with Gasteiger partial charge in [0.05, 0.1) is 6.26 Å². The Morgan fingerprint density at radius 3 is 2.00 bits per heavy atom. The standard InChI is InChI=1S/C18H28N2O3.C7H12.C6H10O/c1-2-3-4-5-7-10-16(15-17(22)11-14-21)18(23)20-13-9-6-8-12-19;1-3-5-7-6-4-2;1-2-3-4-5-6-7/h1,10-11,14-15,21-22H,3-9,12-13,19H2,(H,20,23);1H,4-7H2,2H3;1,7H,3-6H2/b14-11+,16-10+,17-15+;;. The molecule has 0 aromatic carbocycles. The van der Waals surface area contributed by atoms with E-state index in [1.54, 1.807) is 6.08 Å². The Labute approximate surface area is 226 Å². The topological polar surface area (TPSA) is 116 Å². The predicted octanol–water partition coefficient (Wildman–Crippen LogP) is 5.85. The van der Waals surface area contributed by atoms with Crippen molar-refractivity contribution in [3.8, 4) is 37.0 Å². The lowest BCUT2D eigenvalue weighted by atomic mass is 10.1. The van der Waals surface area contributed by atoms with E-state index in [4.69, 9.17) is 35.2 Å². The molecule has 0 unspecified atom stereocenters. The molecule has 0 rings (SSSR count). The number of aliphatic hydroxyl groups excluding tert-OH is 3. The van der Waals surface area contributed by atoms with Gasteiger partial charge in [-0.1, -0.05) is 32.3 Å². The van der Waals surface area contributed by atoms with Gasteiger partial charge in [-0.15, -0.1) is 37.0 Å². The largest absolute Gasteiger partial charge is 0.515 e. The van der Waals surface area contributed by atoms with Crippen molar-refractivity contribution < 1.29 is 20.1 Å². The number of aliphatic hydroxyl groups is 3. The maximum absolute atomic E-state index is 12.2. The van der Waals surface area contributed by atoms with Crippen LogP contribution in [0.15, 0.2) is 35.8 Å². The summed E-state index contributed by atoms with van der Waals surface area (Å²) in [4.78, 5) is 12.2. The van der Waals surface area contributed by atoms with Crippen molar-refractivity contribution in [1.29, 1.82) is 0 Å². The molecule has 0 bridgehead atoms. The van der Waals surface area contributed by atoms with Gasteiger partial charge in [-0.05, 0) is 64.0 Å². The van der Waals surface area contributed by atoms with Crippen molar-refractivity contribution in [1.82, 2.24) is 5.32 Å². The molecule has 0 aromatic rings. The van der Waals surface area contributed by atoms with Crippen LogP contribution >= 0.6 is 0 Å². The number of amides is 1. The van der Waals surface area contributed by atoms with E-state index in [2.05, 4.69) is 30.0 Å². The third-order valence-corrected chi connectivity index (χ3v) is 4.77. The molecule has 0 saturated heterocycles. The second-order valence-corrected chi connectivity index (χ2v) is 8.15. The van der Waals surface area contributed by atoms with Crippen molar-refractivity contribution >= 4 is 5.91 Å². The van der Waals surface area contributed by atoms with Gasteiger partial charge in [0.25, 0.3) is 5.91 Å². The summed E-state index contributed by atoms with van der Waals surface area (Å²) in [6, 6.07) is 0. The van der Waals surface area contributed by atoms with Crippen LogP contribution in [0.4, 0.5) is 0 Å². The fourth-order valence-electron chi connectivity index (χ4n) is 2.70. The van der Waals surface area contributed by atoms with Crippen molar-refractivity contribution in [2.24, 2.45) is 5.73 Å². The molecule has 0 aromatic heterocycles. The number of hydrogen-bond donors (Lipinski definition) is 5. The summed E-state index contributed by atoms with van der Waals surface area (Å²) in [5.74, 6) is 7.25. The molecule has 0 atom stereocenters. The fraction of sp³-hybridized carbons (Fsp3) is 0.581. The number of hydrogen-bond acceptors (Lipinski definition) is 5. The predicted molar refractivity (Wildman–Crippen MR) is 157 cm³/mol. The molecule has 0 radical (unpaired) electrons. The normalized spacial score (nSPS) is 10.7. The first-order chi connectivity index (χ1) is 18.0. The van der Waals surface area contributed by atoms with E-state index >= 15 is 0 Å². The first-order valence-corrected chi connectivity index (χ1v) is 13.3. The van der Waals surface area contributed by atoms with Crippen LogP contribution in [0.25, 0.3) is 0 Å². The lowest BCUT2D eigenvalue weighted by Crippen LogP contribution is -2.25. The van der Waals surface area contributed by atoms with E-state index in [1.165, 1.54) is 25.3 Å². The van der Waals surface area contributed by atoms with Crippen LogP contribution < -0.4 is 11.1 Å². The molecule has 1 amide bonds. The SMILES string of the molecule is C#CCCCCC.C#CCCCCO.C#CCCCC\C=C(/C=C(O)\C=C\O)C(=O)NCCCCCN. The molecule has 0 aliphatic heterocycles. The van der Waals surface area contributed by atoms with Crippen LogP contribution in [0, 0.1) is 37.0 Å². The minimum absolute atomic E-state index is 0.180. The number of allylic oxidation sites excluding steroid dienone is 2. The maximum atomic E-state index is 12.2. The van der Waals surface area contributed by atoms with E-state index < -0.39 is 0 Å². The Morgan fingerprint density at radius 2 is 1.49 bits per heavy atom. The molecule has 208 valence electrons. The third-order valence-electron chi connectivity index (χ3n) is 4.77. The maximum Gasteiger partial charge on any atom is 0.251 e. The van der Waals surface area contributed by atoms with Gasteiger partial charge >= 0.3 is 0 Å². The number of unbranched alkanes of at least 4 members (excludes halogenated alkanes) is 10. The average molecular weight is 515 g/mol. The Kier molecular flexibility index (Phi) is 36.4. The lowest BCUT2D eigenvalue weighted by molar-refractivity contribution is -0.117. The lowest BCUT2D eigenvalue weighted by Gasteiger charge is -2.06. The smallest absolute Gasteiger partial charge is 0.251 e. The number of nitrogens with two attached hydrogens (primary N) is 1. The quantitative estimate of drug-likeness (QED) is 0.0517. The first kappa shape index (κ1) is 38.4. The highest BCUT2D eigenvalue weighted by atomic mass is 16.3. The molecule has 0 heterocycles. The Bertz CT molecular complexity index is 714. The van der Waals surface area contributed by atoms with Gasteiger partial charge in [-0.3, -0.25) is 4.79 Å². The van der Waals surface area contributed by atoms with Gasteiger partial charge in [-0.25, -0.2) is 0 Å². The highest BCUT2D eigenvalue weighted by Gasteiger charge is 2.07. The van der Waals surface area contributed by atoms with Crippen molar-refractivity contribution in [3.63, 3.8) is 0 Å². The zero-order valence-corrected chi connectivity index (χ0v) is 22.9. The van der Waals surface area contributed by atoms with E-state index in [9.17, 15) is 9.90 Å². The molecule has 0 aliphatic rings.